The molecule has 0 radical (unpaired) electrons. The molecule has 1 saturated heterocycles. The molecule has 1 aliphatic heterocycles. The van der Waals surface area contributed by atoms with Crippen LogP contribution in [0.25, 0.3) is 0 Å². The number of carbonyl (C=O) groups excluding carboxylic acids is 2. The van der Waals surface area contributed by atoms with E-state index in [0.29, 0.717) is 31.6 Å². The summed E-state index contributed by atoms with van der Waals surface area (Å²) in [6.07, 6.45) is 1.23. The molecule has 0 unspecified atom stereocenters. The summed E-state index contributed by atoms with van der Waals surface area (Å²) in [7, 11) is 1.75. The fraction of sp³-hybridized carbons (Fsp3) is 0.400. The molecule has 0 saturated carbocycles. The van der Waals surface area contributed by atoms with Gasteiger partial charge in [0.1, 0.15) is 0 Å². The van der Waals surface area contributed by atoms with Crippen LogP contribution in [0.1, 0.15) is 29.5 Å². The standard InChI is InChI=1S/C25H31N5O2/c1-28(19-22-6-3-2-4-7-22)25(32)27-13-12-24(31)30-15-5-14-29(16-17-30)20-23-10-8-21(18-26)9-11-23/h2-4,6-11H,5,12-17,19-20H2,1H3,(H,27,32). The quantitative estimate of drug-likeness (QED) is 0.728. The van der Waals surface area contributed by atoms with Gasteiger partial charge in [0.25, 0.3) is 0 Å². The summed E-state index contributed by atoms with van der Waals surface area (Å²) >= 11 is 0. The molecule has 1 fully saturated rings. The van der Waals surface area contributed by atoms with Crippen LogP contribution in [-0.2, 0) is 17.9 Å². The first-order valence-corrected chi connectivity index (χ1v) is 11.1. The summed E-state index contributed by atoms with van der Waals surface area (Å²) in [6.45, 7) is 4.87. The summed E-state index contributed by atoms with van der Waals surface area (Å²) in [4.78, 5) is 30.8. The van der Waals surface area contributed by atoms with Gasteiger partial charge < -0.3 is 15.1 Å². The minimum Gasteiger partial charge on any atom is -0.341 e. The molecule has 0 atom stereocenters. The number of rotatable bonds is 7. The SMILES string of the molecule is CN(Cc1ccccc1)C(=O)NCCC(=O)N1CCCN(Cc2ccc(C#N)cc2)CC1. The van der Waals surface area contributed by atoms with Crippen LogP contribution in [-0.4, -0.2) is 66.4 Å². The van der Waals surface area contributed by atoms with Crippen molar-refractivity contribution in [2.24, 2.45) is 0 Å². The molecule has 0 aromatic heterocycles. The van der Waals surface area contributed by atoms with Crippen molar-refractivity contribution in [3.8, 4) is 6.07 Å². The number of nitrogens with one attached hydrogen (secondary N) is 1. The monoisotopic (exact) mass is 433 g/mol. The molecule has 0 spiro atoms. The Morgan fingerprint density at radius 2 is 1.75 bits per heavy atom. The van der Waals surface area contributed by atoms with E-state index < -0.39 is 0 Å². The van der Waals surface area contributed by atoms with Crippen molar-refractivity contribution in [1.82, 2.24) is 20.0 Å². The van der Waals surface area contributed by atoms with Crippen molar-refractivity contribution < 1.29 is 9.59 Å². The lowest BCUT2D eigenvalue weighted by atomic mass is 10.1. The van der Waals surface area contributed by atoms with Crippen LogP contribution in [0.3, 0.4) is 0 Å². The van der Waals surface area contributed by atoms with Gasteiger partial charge >= 0.3 is 6.03 Å². The van der Waals surface area contributed by atoms with Gasteiger partial charge in [-0.05, 0) is 29.7 Å². The number of nitrogens with zero attached hydrogens (tertiary/aromatic N) is 4. The molecule has 1 aliphatic rings. The second kappa shape index (κ2) is 11.9. The fourth-order valence-corrected chi connectivity index (χ4v) is 3.82. The summed E-state index contributed by atoms with van der Waals surface area (Å²) in [5, 5.41) is 11.8. The molecule has 168 valence electrons. The van der Waals surface area contributed by atoms with Gasteiger partial charge in [-0.15, -0.1) is 0 Å². The van der Waals surface area contributed by atoms with Gasteiger partial charge in [-0.2, -0.15) is 5.26 Å². The van der Waals surface area contributed by atoms with Crippen LogP contribution in [0.4, 0.5) is 4.79 Å². The van der Waals surface area contributed by atoms with Crippen LogP contribution >= 0.6 is 0 Å². The molecule has 7 heteroatoms. The molecule has 1 heterocycles. The fourth-order valence-electron chi connectivity index (χ4n) is 3.82. The van der Waals surface area contributed by atoms with E-state index in [4.69, 9.17) is 5.26 Å². The summed E-state index contributed by atoms with van der Waals surface area (Å²) in [5.74, 6) is 0.0798. The Kier molecular flexibility index (Phi) is 8.64. The molecule has 3 amide bonds. The van der Waals surface area contributed by atoms with Gasteiger partial charge in [0.15, 0.2) is 0 Å². The van der Waals surface area contributed by atoms with Crippen LogP contribution in [0, 0.1) is 11.3 Å². The van der Waals surface area contributed by atoms with E-state index in [-0.39, 0.29) is 11.9 Å². The highest BCUT2D eigenvalue weighted by Crippen LogP contribution is 2.11. The van der Waals surface area contributed by atoms with E-state index in [0.717, 1.165) is 38.2 Å². The lowest BCUT2D eigenvalue weighted by molar-refractivity contribution is -0.130. The topological polar surface area (TPSA) is 79.7 Å². The highest BCUT2D eigenvalue weighted by Gasteiger charge is 2.19. The number of nitriles is 1. The highest BCUT2D eigenvalue weighted by atomic mass is 16.2. The largest absolute Gasteiger partial charge is 0.341 e. The Bertz CT molecular complexity index is 924. The predicted octanol–water partition coefficient (Wildman–Crippen LogP) is 2.82. The molecule has 7 nitrogen and oxygen atoms in total. The zero-order chi connectivity index (χ0) is 22.8. The minimum absolute atomic E-state index is 0.0798. The molecule has 0 aliphatic carbocycles. The average molecular weight is 434 g/mol. The van der Waals surface area contributed by atoms with Crippen LogP contribution in [0.15, 0.2) is 54.6 Å². The van der Waals surface area contributed by atoms with Crippen LogP contribution in [0.2, 0.25) is 0 Å². The number of hydrogen-bond acceptors (Lipinski definition) is 4. The maximum Gasteiger partial charge on any atom is 0.317 e. The third kappa shape index (κ3) is 7.10. The molecular weight excluding hydrogens is 402 g/mol. The maximum atomic E-state index is 12.6. The van der Waals surface area contributed by atoms with Gasteiger partial charge in [0.2, 0.25) is 5.91 Å². The smallest absolute Gasteiger partial charge is 0.317 e. The van der Waals surface area contributed by atoms with E-state index in [1.54, 1.807) is 11.9 Å². The third-order valence-electron chi connectivity index (χ3n) is 5.65. The van der Waals surface area contributed by atoms with Gasteiger partial charge in [-0.3, -0.25) is 9.69 Å². The van der Waals surface area contributed by atoms with Crippen molar-refractivity contribution in [2.45, 2.75) is 25.9 Å². The van der Waals surface area contributed by atoms with Gasteiger partial charge in [-0.25, -0.2) is 4.79 Å². The Balaban J connectivity index is 1.38. The number of benzene rings is 2. The molecule has 2 aromatic carbocycles. The van der Waals surface area contributed by atoms with Crippen LogP contribution in [0.5, 0.6) is 0 Å². The third-order valence-corrected chi connectivity index (χ3v) is 5.65. The van der Waals surface area contributed by atoms with Gasteiger partial charge in [0, 0.05) is 59.3 Å². The van der Waals surface area contributed by atoms with Crippen molar-refractivity contribution in [1.29, 1.82) is 5.26 Å². The van der Waals surface area contributed by atoms with Crippen LogP contribution < -0.4 is 5.32 Å². The van der Waals surface area contributed by atoms with E-state index in [2.05, 4.69) is 16.3 Å². The normalized spacial score (nSPS) is 14.3. The van der Waals surface area contributed by atoms with E-state index in [1.165, 1.54) is 5.56 Å². The Labute approximate surface area is 190 Å². The molecular formula is C25H31N5O2. The number of carbonyl (C=O) groups is 2. The van der Waals surface area contributed by atoms with E-state index in [9.17, 15) is 9.59 Å². The summed E-state index contributed by atoms with van der Waals surface area (Å²) in [5.41, 5.74) is 2.90. The molecule has 2 aromatic rings. The first-order valence-electron chi connectivity index (χ1n) is 11.1. The van der Waals surface area contributed by atoms with Gasteiger partial charge in [0.05, 0.1) is 11.6 Å². The first-order chi connectivity index (χ1) is 15.5. The van der Waals surface area contributed by atoms with Crippen molar-refractivity contribution in [2.75, 3.05) is 39.8 Å². The lowest BCUT2D eigenvalue weighted by Gasteiger charge is -2.23. The molecule has 32 heavy (non-hydrogen) atoms. The van der Waals surface area contributed by atoms with Crippen molar-refractivity contribution in [3.05, 3.63) is 71.3 Å². The Hall–Kier alpha value is -3.37. The number of urea groups is 1. The molecule has 3 rings (SSSR count). The zero-order valence-corrected chi connectivity index (χ0v) is 18.7. The van der Waals surface area contributed by atoms with Gasteiger partial charge in [-0.1, -0.05) is 42.5 Å². The highest BCUT2D eigenvalue weighted by molar-refractivity contribution is 5.78. The number of hydrogen-bond donors (Lipinski definition) is 1. The average Bonchev–Trinajstić information content (AvgIpc) is 3.05. The Morgan fingerprint density at radius 1 is 1.00 bits per heavy atom. The van der Waals surface area contributed by atoms with Crippen molar-refractivity contribution in [3.63, 3.8) is 0 Å². The Morgan fingerprint density at radius 3 is 2.47 bits per heavy atom. The first kappa shape index (κ1) is 23.3. The molecule has 0 bridgehead atoms. The second-order valence-corrected chi connectivity index (χ2v) is 8.14. The second-order valence-electron chi connectivity index (χ2n) is 8.14. The summed E-state index contributed by atoms with van der Waals surface area (Å²) in [6, 6.07) is 19.4. The minimum atomic E-state index is -0.175. The van der Waals surface area contributed by atoms with E-state index >= 15 is 0 Å². The maximum absolute atomic E-state index is 12.6. The number of amides is 3. The lowest BCUT2D eigenvalue weighted by Crippen LogP contribution is -2.40. The van der Waals surface area contributed by atoms with Crippen molar-refractivity contribution >= 4 is 11.9 Å². The van der Waals surface area contributed by atoms with E-state index in [1.807, 2.05) is 59.5 Å². The summed E-state index contributed by atoms with van der Waals surface area (Å²) < 4.78 is 0. The molecule has 1 N–H and O–H groups in total. The zero-order valence-electron chi connectivity index (χ0n) is 18.7. The predicted molar refractivity (Wildman–Crippen MR) is 124 cm³/mol.